The van der Waals surface area contributed by atoms with E-state index in [2.05, 4.69) is 15.9 Å². The highest BCUT2D eigenvalue weighted by molar-refractivity contribution is 9.10. The predicted octanol–water partition coefficient (Wildman–Crippen LogP) is 3.31. The van der Waals surface area contributed by atoms with E-state index in [1.807, 2.05) is 20.8 Å². The smallest absolute Gasteiger partial charge is 0.137 e. The molecular weight excluding hydrogens is 287 g/mol. The van der Waals surface area contributed by atoms with E-state index in [-0.39, 0.29) is 18.0 Å². The summed E-state index contributed by atoms with van der Waals surface area (Å²) in [6.45, 7) is 6.03. The fourth-order valence-electron chi connectivity index (χ4n) is 1.37. The SMILES string of the molecule is CC(C)(C)OCC(O)Cc1cccc(F)c1Br. The first-order chi connectivity index (χ1) is 7.79. The number of halogens is 2. The second-order valence-corrected chi connectivity index (χ2v) is 5.79. The van der Waals surface area contributed by atoms with Crippen LogP contribution in [0.5, 0.6) is 0 Å². The molecule has 0 spiro atoms. The van der Waals surface area contributed by atoms with E-state index in [1.54, 1.807) is 12.1 Å². The van der Waals surface area contributed by atoms with Crippen LogP contribution in [0.4, 0.5) is 4.39 Å². The molecule has 1 rings (SSSR count). The van der Waals surface area contributed by atoms with E-state index in [1.165, 1.54) is 6.07 Å². The summed E-state index contributed by atoms with van der Waals surface area (Å²) in [6.07, 6.45) is -0.263. The third-order valence-electron chi connectivity index (χ3n) is 2.20. The van der Waals surface area contributed by atoms with Gasteiger partial charge >= 0.3 is 0 Å². The lowest BCUT2D eigenvalue weighted by molar-refractivity contribution is -0.0482. The molecule has 1 atom stereocenters. The molecule has 0 bridgehead atoms. The molecule has 1 unspecified atom stereocenters. The summed E-state index contributed by atoms with van der Waals surface area (Å²) >= 11 is 3.17. The first-order valence-corrected chi connectivity index (χ1v) is 6.34. The molecule has 1 aromatic carbocycles. The summed E-state index contributed by atoms with van der Waals surface area (Å²) in [4.78, 5) is 0. The normalized spacial score (nSPS) is 13.8. The Morgan fingerprint density at radius 3 is 2.65 bits per heavy atom. The molecule has 0 aromatic heterocycles. The molecule has 0 heterocycles. The Morgan fingerprint density at radius 2 is 2.06 bits per heavy atom. The average Bonchev–Trinajstić information content (AvgIpc) is 2.21. The van der Waals surface area contributed by atoms with Gasteiger partial charge in [0.25, 0.3) is 0 Å². The largest absolute Gasteiger partial charge is 0.390 e. The minimum atomic E-state index is -0.632. The lowest BCUT2D eigenvalue weighted by Crippen LogP contribution is -2.27. The molecule has 0 amide bonds. The van der Waals surface area contributed by atoms with Crippen LogP contribution in [0.2, 0.25) is 0 Å². The highest BCUT2D eigenvalue weighted by Crippen LogP contribution is 2.22. The maximum atomic E-state index is 13.2. The highest BCUT2D eigenvalue weighted by atomic mass is 79.9. The zero-order valence-electron chi connectivity index (χ0n) is 10.3. The highest BCUT2D eigenvalue weighted by Gasteiger charge is 2.15. The van der Waals surface area contributed by atoms with Crippen molar-refractivity contribution in [1.82, 2.24) is 0 Å². The van der Waals surface area contributed by atoms with Crippen LogP contribution in [0.1, 0.15) is 26.3 Å². The van der Waals surface area contributed by atoms with Crippen LogP contribution >= 0.6 is 15.9 Å². The predicted molar refractivity (Wildman–Crippen MR) is 69.5 cm³/mol. The van der Waals surface area contributed by atoms with E-state index < -0.39 is 6.10 Å². The molecule has 4 heteroatoms. The van der Waals surface area contributed by atoms with Gasteiger partial charge in [0, 0.05) is 6.42 Å². The van der Waals surface area contributed by atoms with Gasteiger partial charge in [-0.15, -0.1) is 0 Å². The number of benzene rings is 1. The second-order valence-electron chi connectivity index (χ2n) is 4.99. The first-order valence-electron chi connectivity index (χ1n) is 5.54. The molecular formula is C13H18BrFO2. The van der Waals surface area contributed by atoms with E-state index in [9.17, 15) is 9.50 Å². The van der Waals surface area contributed by atoms with Crippen molar-refractivity contribution in [2.24, 2.45) is 0 Å². The number of hydrogen-bond donors (Lipinski definition) is 1. The van der Waals surface area contributed by atoms with Crippen molar-refractivity contribution in [3.05, 3.63) is 34.1 Å². The third-order valence-corrected chi connectivity index (χ3v) is 3.08. The van der Waals surface area contributed by atoms with Gasteiger partial charge in [0.1, 0.15) is 5.82 Å². The summed E-state index contributed by atoms with van der Waals surface area (Å²) < 4.78 is 19.1. The standard InChI is InChI=1S/C13H18BrFO2/c1-13(2,3)17-8-10(16)7-9-5-4-6-11(15)12(9)14/h4-6,10,16H,7-8H2,1-3H3. The average molecular weight is 305 g/mol. The Hall–Kier alpha value is -0.450. The molecule has 17 heavy (non-hydrogen) atoms. The van der Waals surface area contributed by atoms with E-state index >= 15 is 0 Å². The molecule has 0 aliphatic rings. The number of aliphatic hydroxyl groups is 1. The molecule has 1 N–H and O–H groups in total. The van der Waals surface area contributed by atoms with E-state index in [0.717, 1.165) is 5.56 Å². The Bertz CT molecular complexity index is 374. The maximum Gasteiger partial charge on any atom is 0.137 e. The Kier molecular flexibility index (Phi) is 5.10. The van der Waals surface area contributed by atoms with Crippen LogP contribution in [-0.4, -0.2) is 23.4 Å². The van der Waals surface area contributed by atoms with Gasteiger partial charge in [-0.1, -0.05) is 12.1 Å². The minimum Gasteiger partial charge on any atom is -0.390 e. The van der Waals surface area contributed by atoms with Gasteiger partial charge in [-0.2, -0.15) is 0 Å². The molecule has 0 saturated heterocycles. The Labute approximate surface area is 110 Å². The van der Waals surface area contributed by atoms with Crippen LogP contribution in [0.25, 0.3) is 0 Å². The molecule has 96 valence electrons. The van der Waals surface area contributed by atoms with Gasteiger partial charge in [-0.3, -0.25) is 0 Å². The van der Waals surface area contributed by atoms with Gasteiger partial charge in [0.05, 0.1) is 22.8 Å². The van der Waals surface area contributed by atoms with Crippen molar-refractivity contribution >= 4 is 15.9 Å². The van der Waals surface area contributed by atoms with Gasteiger partial charge in [0.2, 0.25) is 0 Å². The molecule has 0 aliphatic heterocycles. The van der Waals surface area contributed by atoms with Crippen molar-refractivity contribution in [2.75, 3.05) is 6.61 Å². The van der Waals surface area contributed by atoms with E-state index in [4.69, 9.17) is 4.74 Å². The zero-order chi connectivity index (χ0) is 13.1. The minimum absolute atomic E-state index is 0.243. The summed E-state index contributed by atoms with van der Waals surface area (Å²) in [5.41, 5.74) is 0.468. The van der Waals surface area contributed by atoms with Crippen molar-refractivity contribution in [3.8, 4) is 0 Å². The summed E-state index contributed by atoms with van der Waals surface area (Å²) in [5.74, 6) is -0.313. The van der Waals surface area contributed by atoms with Crippen molar-refractivity contribution in [3.63, 3.8) is 0 Å². The molecule has 0 radical (unpaired) electrons. The number of ether oxygens (including phenoxy) is 1. The third kappa shape index (κ3) is 5.15. The molecule has 0 fully saturated rings. The van der Waals surface area contributed by atoms with E-state index in [0.29, 0.717) is 10.9 Å². The van der Waals surface area contributed by atoms with Crippen LogP contribution in [-0.2, 0) is 11.2 Å². The number of rotatable bonds is 4. The lowest BCUT2D eigenvalue weighted by Gasteiger charge is -2.22. The lowest BCUT2D eigenvalue weighted by atomic mass is 10.1. The van der Waals surface area contributed by atoms with Crippen molar-refractivity contribution in [1.29, 1.82) is 0 Å². The molecule has 0 aliphatic carbocycles. The van der Waals surface area contributed by atoms with Gasteiger partial charge < -0.3 is 9.84 Å². The number of hydrogen-bond acceptors (Lipinski definition) is 2. The quantitative estimate of drug-likeness (QED) is 0.925. The Balaban J connectivity index is 2.56. The van der Waals surface area contributed by atoms with Crippen molar-refractivity contribution < 1.29 is 14.2 Å². The van der Waals surface area contributed by atoms with Gasteiger partial charge in [-0.05, 0) is 48.3 Å². The van der Waals surface area contributed by atoms with Crippen LogP contribution in [0.15, 0.2) is 22.7 Å². The second kappa shape index (κ2) is 5.94. The topological polar surface area (TPSA) is 29.5 Å². The monoisotopic (exact) mass is 304 g/mol. The molecule has 1 aromatic rings. The summed E-state index contributed by atoms with van der Waals surface area (Å²) in [6, 6.07) is 4.80. The molecule has 0 saturated carbocycles. The summed E-state index contributed by atoms with van der Waals surface area (Å²) in [5, 5.41) is 9.81. The summed E-state index contributed by atoms with van der Waals surface area (Å²) in [7, 11) is 0. The fourth-order valence-corrected chi connectivity index (χ4v) is 1.79. The Morgan fingerprint density at radius 1 is 1.41 bits per heavy atom. The van der Waals surface area contributed by atoms with Crippen LogP contribution in [0.3, 0.4) is 0 Å². The molecule has 2 nitrogen and oxygen atoms in total. The van der Waals surface area contributed by atoms with Gasteiger partial charge in [-0.25, -0.2) is 4.39 Å². The first kappa shape index (κ1) is 14.6. The van der Waals surface area contributed by atoms with Crippen molar-refractivity contribution in [2.45, 2.75) is 38.9 Å². The fraction of sp³-hybridized carbons (Fsp3) is 0.538. The van der Waals surface area contributed by atoms with Crippen LogP contribution < -0.4 is 0 Å². The number of aliphatic hydroxyl groups excluding tert-OH is 1. The maximum absolute atomic E-state index is 13.2. The zero-order valence-corrected chi connectivity index (χ0v) is 11.9. The van der Waals surface area contributed by atoms with Gasteiger partial charge in [0.15, 0.2) is 0 Å². The van der Waals surface area contributed by atoms with Crippen LogP contribution in [0, 0.1) is 5.82 Å².